The predicted molar refractivity (Wildman–Crippen MR) is 66.0 cm³/mol. The van der Waals surface area contributed by atoms with Crippen molar-refractivity contribution in [2.24, 2.45) is 0 Å². The van der Waals surface area contributed by atoms with Crippen LogP contribution in [0.3, 0.4) is 0 Å². The van der Waals surface area contributed by atoms with Gasteiger partial charge in [0.05, 0.1) is 5.56 Å². The fourth-order valence-electron chi connectivity index (χ4n) is 1.76. The molecule has 0 unspecified atom stereocenters. The van der Waals surface area contributed by atoms with Crippen LogP contribution in [0, 0.1) is 6.92 Å². The maximum absolute atomic E-state index is 11.0. The first-order valence-corrected chi connectivity index (χ1v) is 5.62. The highest BCUT2D eigenvalue weighted by atomic mass is 35.5. The lowest BCUT2D eigenvalue weighted by Gasteiger charge is -2.03. The Hall–Kier alpha value is -2.07. The van der Waals surface area contributed by atoms with Crippen LogP contribution in [0.2, 0.25) is 5.02 Å². The van der Waals surface area contributed by atoms with Gasteiger partial charge in [-0.05, 0) is 37.3 Å². The molecule has 0 saturated carbocycles. The summed E-state index contributed by atoms with van der Waals surface area (Å²) in [4.78, 5) is 11.0. The molecule has 0 saturated heterocycles. The van der Waals surface area contributed by atoms with Crippen molar-refractivity contribution in [3.05, 3.63) is 52.7 Å². The Morgan fingerprint density at radius 2 is 1.78 bits per heavy atom. The number of halogens is 1. The van der Waals surface area contributed by atoms with Crippen LogP contribution in [0.15, 0.2) is 36.4 Å². The second kappa shape index (κ2) is 4.66. The highest BCUT2D eigenvalue weighted by Gasteiger charge is 2.26. The van der Waals surface area contributed by atoms with Crippen molar-refractivity contribution >= 4 is 17.6 Å². The highest BCUT2D eigenvalue weighted by molar-refractivity contribution is 6.30. The molecule has 1 heterocycles. The minimum absolute atomic E-state index is 0.189. The van der Waals surface area contributed by atoms with Gasteiger partial charge in [0.1, 0.15) is 0 Å². The molecular weight excluding hydrogens is 254 g/mol. The van der Waals surface area contributed by atoms with Gasteiger partial charge in [-0.3, -0.25) is 5.21 Å². The average molecular weight is 265 g/mol. The Kier molecular flexibility index (Phi) is 3.21. The van der Waals surface area contributed by atoms with Gasteiger partial charge >= 0.3 is 11.7 Å². The van der Waals surface area contributed by atoms with Crippen molar-refractivity contribution in [3.8, 4) is 11.3 Å². The van der Waals surface area contributed by atoms with E-state index in [1.165, 1.54) is 6.07 Å². The number of hydrogen-bond donors (Lipinski definition) is 2. The Labute approximate surface area is 109 Å². The van der Waals surface area contributed by atoms with Gasteiger partial charge in [-0.15, -0.1) is 0 Å². The summed E-state index contributed by atoms with van der Waals surface area (Å²) in [7, 11) is 0. The van der Waals surface area contributed by atoms with Crippen LogP contribution in [0.25, 0.3) is 11.3 Å². The van der Waals surface area contributed by atoms with Crippen LogP contribution >= 0.6 is 11.6 Å². The molecule has 0 radical (unpaired) electrons. The van der Waals surface area contributed by atoms with Crippen LogP contribution < -0.4 is 4.73 Å². The lowest BCUT2D eigenvalue weighted by molar-refractivity contribution is -0.897. The first-order valence-electron chi connectivity index (χ1n) is 5.25. The summed E-state index contributed by atoms with van der Waals surface area (Å²) in [6.45, 7) is 1.79. The molecule has 2 aromatic rings. The van der Waals surface area contributed by atoms with Gasteiger partial charge in [-0.2, -0.15) is 0 Å². The van der Waals surface area contributed by atoms with E-state index < -0.39 is 5.97 Å². The van der Waals surface area contributed by atoms with Gasteiger partial charge < -0.3 is 5.11 Å². The summed E-state index contributed by atoms with van der Waals surface area (Å²) in [6.07, 6.45) is 0. The number of aromatic carboxylic acids is 1. The molecule has 0 atom stereocenters. The van der Waals surface area contributed by atoms with E-state index in [9.17, 15) is 10.0 Å². The quantitative estimate of drug-likeness (QED) is 0.647. The lowest BCUT2D eigenvalue weighted by atomic mass is 10.1. The summed E-state index contributed by atoms with van der Waals surface area (Å²) in [5, 5.41) is 19.5. The molecule has 18 heavy (non-hydrogen) atoms. The SMILES string of the molecule is Cc1ccc(C(=O)O)[n+](O)c1-c1ccc(Cl)cc1. The molecule has 1 aromatic heterocycles. The highest BCUT2D eigenvalue weighted by Crippen LogP contribution is 2.21. The molecule has 0 aliphatic carbocycles. The summed E-state index contributed by atoms with van der Waals surface area (Å²) >= 11 is 5.80. The van der Waals surface area contributed by atoms with Crippen molar-refractivity contribution in [1.29, 1.82) is 0 Å². The Morgan fingerprint density at radius 3 is 2.33 bits per heavy atom. The van der Waals surface area contributed by atoms with E-state index in [1.54, 1.807) is 37.3 Å². The van der Waals surface area contributed by atoms with Crippen molar-refractivity contribution in [1.82, 2.24) is 0 Å². The Bertz CT molecular complexity index is 608. The first-order chi connectivity index (χ1) is 8.50. The zero-order valence-corrected chi connectivity index (χ0v) is 10.3. The van der Waals surface area contributed by atoms with Gasteiger partial charge in [0, 0.05) is 21.4 Å². The number of carbonyl (C=O) groups is 1. The number of hydrogen-bond acceptors (Lipinski definition) is 2. The van der Waals surface area contributed by atoms with Crippen molar-refractivity contribution < 1.29 is 19.8 Å². The van der Waals surface area contributed by atoms with Gasteiger partial charge in [0.15, 0.2) is 0 Å². The molecule has 2 N–H and O–H groups in total. The monoisotopic (exact) mass is 264 g/mol. The fraction of sp³-hybridized carbons (Fsp3) is 0.0769. The summed E-state index contributed by atoms with van der Waals surface area (Å²) < 4.78 is 0.681. The van der Waals surface area contributed by atoms with E-state index in [2.05, 4.69) is 0 Å². The molecule has 4 nitrogen and oxygen atoms in total. The van der Waals surface area contributed by atoms with E-state index in [0.29, 0.717) is 21.0 Å². The predicted octanol–water partition coefficient (Wildman–Crippen LogP) is 2.54. The largest absolute Gasteiger partial charge is 0.473 e. The van der Waals surface area contributed by atoms with E-state index in [-0.39, 0.29) is 5.69 Å². The molecule has 0 aliphatic heterocycles. The van der Waals surface area contributed by atoms with E-state index >= 15 is 0 Å². The van der Waals surface area contributed by atoms with Crippen LogP contribution in [-0.4, -0.2) is 16.3 Å². The maximum atomic E-state index is 11.0. The molecule has 0 fully saturated rings. The molecule has 0 bridgehead atoms. The molecule has 2 rings (SSSR count). The normalized spacial score (nSPS) is 10.3. The zero-order chi connectivity index (χ0) is 13.3. The van der Waals surface area contributed by atoms with Crippen LogP contribution in [-0.2, 0) is 0 Å². The minimum Gasteiger partial charge on any atom is -0.473 e. The maximum Gasteiger partial charge on any atom is 0.406 e. The zero-order valence-electron chi connectivity index (χ0n) is 9.59. The van der Waals surface area contributed by atoms with E-state index in [1.807, 2.05) is 0 Å². The van der Waals surface area contributed by atoms with Crippen LogP contribution in [0.4, 0.5) is 0 Å². The summed E-state index contributed by atoms with van der Waals surface area (Å²) in [6, 6.07) is 9.83. The van der Waals surface area contributed by atoms with Crippen molar-refractivity contribution in [2.75, 3.05) is 0 Å². The number of benzene rings is 1. The Morgan fingerprint density at radius 1 is 1.17 bits per heavy atom. The number of rotatable bonds is 2. The van der Waals surface area contributed by atoms with Crippen molar-refractivity contribution in [3.63, 3.8) is 0 Å². The topological polar surface area (TPSA) is 61.4 Å². The lowest BCUT2D eigenvalue weighted by Crippen LogP contribution is -2.40. The molecule has 0 spiro atoms. The summed E-state index contributed by atoms with van der Waals surface area (Å²) in [5.74, 6) is -1.19. The fourth-order valence-corrected chi connectivity index (χ4v) is 1.89. The molecule has 1 aromatic carbocycles. The van der Waals surface area contributed by atoms with Gasteiger partial charge in [0.2, 0.25) is 0 Å². The number of carboxylic acids is 1. The number of aryl methyl sites for hydroxylation is 1. The number of carboxylic acid groups (broad SMARTS) is 1. The number of nitrogens with zero attached hydrogens (tertiary/aromatic N) is 1. The standard InChI is InChI=1S/C13H10ClNO3/c1-8-2-7-11(13(16)17)15(18)12(8)9-3-5-10(14)6-4-9/h2-7H,1H3,(H-,16,17,18)/p+1. The first kappa shape index (κ1) is 12.4. The van der Waals surface area contributed by atoms with Gasteiger partial charge in [0.25, 0.3) is 5.69 Å². The molecular formula is C13H11ClNO3+. The van der Waals surface area contributed by atoms with Gasteiger partial charge in [-0.25, -0.2) is 4.79 Å². The Balaban J connectivity index is 2.66. The second-order valence-electron chi connectivity index (χ2n) is 3.87. The minimum atomic E-state index is -1.19. The average Bonchev–Trinajstić information content (AvgIpc) is 2.31. The van der Waals surface area contributed by atoms with Crippen LogP contribution in [0.1, 0.15) is 16.1 Å². The smallest absolute Gasteiger partial charge is 0.406 e. The third-order valence-electron chi connectivity index (χ3n) is 2.64. The number of pyridine rings is 1. The third-order valence-corrected chi connectivity index (χ3v) is 2.89. The molecule has 0 amide bonds. The van der Waals surface area contributed by atoms with E-state index in [4.69, 9.17) is 16.7 Å². The number of aromatic nitrogens is 1. The molecule has 0 aliphatic rings. The second-order valence-corrected chi connectivity index (χ2v) is 4.31. The van der Waals surface area contributed by atoms with Gasteiger partial charge in [-0.1, -0.05) is 11.6 Å². The molecule has 92 valence electrons. The molecule has 5 heteroatoms. The van der Waals surface area contributed by atoms with E-state index in [0.717, 1.165) is 5.56 Å². The van der Waals surface area contributed by atoms with Crippen molar-refractivity contribution in [2.45, 2.75) is 6.92 Å². The van der Waals surface area contributed by atoms with Crippen LogP contribution in [0.5, 0.6) is 0 Å². The third kappa shape index (κ3) is 2.15. The summed E-state index contributed by atoms with van der Waals surface area (Å²) in [5.41, 5.74) is 1.71.